The fraction of sp³-hybridized carbons (Fsp3) is 0.409. The van der Waals surface area contributed by atoms with Crippen LogP contribution in [0.1, 0.15) is 25.8 Å². The monoisotopic (exact) mass is 429 g/mol. The molecule has 9 heteroatoms. The van der Waals surface area contributed by atoms with Crippen molar-refractivity contribution < 1.29 is 18.7 Å². The predicted octanol–water partition coefficient (Wildman–Crippen LogP) is 3.54. The summed E-state index contributed by atoms with van der Waals surface area (Å²) in [7, 11) is 0. The van der Waals surface area contributed by atoms with Crippen LogP contribution in [-0.4, -0.2) is 49.1 Å². The highest BCUT2D eigenvalue weighted by molar-refractivity contribution is 6.10. The van der Waals surface area contributed by atoms with E-state index in [1.165, 1.54) is 0 Å². The number of amidine groups is 1. The molecule has 2 aliphatic rings. The summed E-state index contributed by atoms with van der Waals surface area (Å²) in [5, 5.41) is 8.88. The van der Waals surface area contributed by atoms with E-state index in [1.807, 2.05) is 37.9 Å². The molecule has 166 valence electrons. The first-order valence-corrected chi connectivity index (χ1v) is 10.3. The molecule has 0 fully saturated rings. The molecule has 1 unspecified atom stereocenters. The quantitative estimate of drug-likeness (QED) is 0.616. The number of benzene rings is 1. The van der Waals surface area contributed by atoms with Gasteiger partial charge in [-0.3, -0.25) is 10.1 Å². The van der Waals surface area contributed by atoms with Crippen molar-refractivity contribution >= 4 is 29.2 Å². The van der Waals surface area contributed by atoms with Gasteiger partial charge in [-0.05, 0) is 43.5 Å². The molecule has 0 radical (unpaired) electrons. The Hall–Kier alpha value is -3.36. The largest absolute Gasteiger partial charge is 0.447 e. The average molecular weight is 429 g/mol. The molecule has 0 saturated heterocycles. The Bertz CT molecular complexity index is 941. The van der Waals surface area contributed by atoms with Crippen molar-refractivity contribution in [3.05, 3.63) is 47.4 Å². The zero-order valence-corrected chi connectivity index (χ0v) is 18.0. The number of hydrogen-bond donors (Lipinski definition) is 3. The molecule has 2 amide bonds. The minimum atomic E-state index is -0.732. The third-order valence-corrected chi connectivity index (χ3v) is 5.15. The van der Waals surface area contributed by atoms with Gasteiger partial charge in [0.25, 0.3) is 0 Å². The number of fused-ring (bicyclic) bond motifs is 1. The minimum Gasteiger partial charge on any atom is -0.447 e. The molecule has 0 aromatic heterocycles. The summed E-state index contributed by atoms with van der Waals surface area (Å²) in [6, 6.07) is 5.34. The molecule has 1 aromatic carbocycles. The normalized spacial score (nSPS) is 17.2. The van der Waals surface area contributed by atoms with Crippen LogP contribution in [0.15, 0.2) is 46.9 Å². The third kappa shape index (κ3) is 5.22. The number of nitrogens with one attached hydrogen (secondary N) is 3. The van der Waals surface area contributed by atoms with Crippen molar-refractivity contribution in [2.24, 2.45) is 10.9 Å². The Balaban J connectivity index is 1.79. The molecule has 2 heterocycles. The van der Waals surface area contributed by atoms with Gasteiger partial charge in [0.2, 0.25) is 5.91 Å². The maximum absolute atomic E-state index is 12.6. The zero-order chi connectivity index (χ0) is 22.4. The van der Waals surface area contributed by atoms with Crippen molar-refractivity contribution in [1.82, 2.24) is 10.2 Å². The molecular formula is C22H28FN5O3. The lowest BCUT2D eigenvalue weighted by atomic mass is 10.0. The van der Waals surface area contributed by atoms with E-state index in [2.05, 4.69) is 20.9 Å². The lowest BCUT2D eigenvalue weighted by Crippen LogP contribution is -2.34. The number of halogens is 1. The van der Waals surface area contributed by atoms with Crippen LogP contribution in [0.4, 0.5) is 20.6 Å². The molecule has 1 atom stereocenters. The molecule has 3 rings (SSSR count). The van der Waals surface area contributed by atoms with E-state index in [4.69, 9.17) is 4.74 Å². The van der Waals surface area contributed by atoms with Gasteiger partial charge in [-0.15, -0.1) is 0 Å². The first-order valence-electron chi connectivity index (χ1n) is 10.3. The number of carbonyl (C=O) groups excluding carboxylic acids is 2. The van der Waals surface area contributed by atoms with E-state index in [0.29, 0.717) is 24.6 Å². The van der Waals surface area contributed by atoms with Crippen LogP contribution in [-0.2, 0) is 9.53 Å². The number of aliphatic imine (C=N–C) groups is 1. The van der Waals surface area contributed by atoms with Crippen molar-refractivity contribution in [2.45, 2.75) is 27.2 Å². The summed E-state index contributed by atoms with van der Waals surface area (Å²) >= 11 is 0. The van der Waals surface area contributed by atoms with Crippen LogP contribution in [0.3, 0.4) is 0 Å². The van der Waals surface area contributed by atoms with Crippen LogP contribution in [0, 0.1) is 12.8 Å². The summed E-state index contributed by atoms with van der Waals surface area (Å²) in [5.41, 5.74) is 4.02. The summed E-state index contributed by atoms with van der Waals surface area (Å²) in [6.07, 6.45) is 3.73. The fourth-order valence-electron chi connectivity index (χ4n) is 3.51. The van der Waals surface area contributed by atoms with Gasteiger partial charge in [0.15, 0.2) is 5.84 Å². The highest BCUT2D eigenvalue weighted by atomic mass is 19.1. The lowest BCUT2D eigenvalue weighted by Gasteiger charge is -2.24. The minimum absolute atomic E-state index is 0.0168. The maximum Gasteiger partial charge on any atom is 0.411 e. The number of hydrogen-bond acceptors (Lipinski definition) is 6. The molecule has 0 spiro atoms. The van der Waals surface area contributed by atoms with Gasteiger partial charge >= 0.3 is 6.09 Å². The third-order valence-electron chi connectivity index (χ3n) is 5.15. The van der Waals surface area contributed by atoms with Gasteiger partial charge in [-0.2, -0.15) is 0 Å². The number of anilines is 2. The Kier molecular flexibility index (Phi) is 7.28. The van der Waals surface area contributed by atoms with Crippen molar-refractivity contribution in [3.63, 3.8) is 0 Å². The van der Waals surface area contributed by atoms with E-state index in [9.17, 15) is 14.0 Å². The van der Waals surface area contributed by atoms with Crippen molar-refractivity contribution in [2.75, 3.05) is 37.0 Å². The predicted molar refractivity (Wildman–Crippen MR) is 119 cm³/mol. The van der Waals surface area contributed by atoms with E-state index in [-0.39, 0.29) is 18.4 Å². The smallest absolute Gasteiger partial charge is 0.411 e. The number of rotatable bonds is 7. The zero-order valence-electron chi connectivity index (χ0n) is 18.0. The first kappa shape index (κ1) is 22.3. The number of nitrogens with zero attached hydrogens (tertiary/aromatic N) is 2. The highest BCUT2D eigenvalue weighted by Crippen LogP contribution is 2.32. The van der Waals surface area contributed by atoms with E-state index in [0.717, 1.165) is 28.9 Å². The molecule has 31 heavy (non-hydrogen) atoms. The second kappa shape index (κ2) is 10.1. The summed E-state index contributed by atoms with van der Waals surface area (Å²) in [4.78, 5) is 30.8. The van der Waals surface area contributed by atoms with Crippen LogP contribution in [0.25, 0.3) is 0 Å². The Labute approximate surface area is 181 Å². The summed E-state index contributed by atoms with van der Waals surface area (Å²) < 4.78 is 16.9. The summed E-state index contributed by atoms with van der Waals surface area (Å²) in [5.74, 6) is 0.407. The van der Waals surface area contributed by atoms with E-state index >= 15 is 0 Å². The Morgan fingerprint density at radius 2 is 2.13 bits per heavy atom. The molecule has 0 aliphatic carbocycles. The van der Waals surface area contributed by atoms with E-state index < -0.39 is 12.8 Å². The van der Waals surface area contributed by atoms with Gasteiger partial charge < -0.3 is 20.3 Å². The van der Waals surface area contributed by atoms with E-state index in [1.54, 1.807) is 18.3 Å². The van der Waals surface area contributed by atoms with Crippen LogP contribution in [0.5, 0.6) is 0 Å². The molecule has 0 saturated carbocycles. The fourth-order valence-corrected chi connectivity index (χ4v) is 3.51. The van der Waals surface area contributed by atoms with Crippen molar-refractivity contribution in [1.29, 1.82) is 0 Å². The summed E-state index contributed by atoms with van der Waals surface area (Å²) in [6.45, 7) is 6.10. The molecule has 2 aliphatic heterocycles. The molecule has 3 N–H and O–H groups in total. The molecule has 1 aromatic rings. The topological polar surface area (TPSA) is 95.1 Å². The van der Waals surface area contributed by atoms with Crippen LogP contribution < -0.4 is 16.0 Å². The van der Waals surface area contributed by atoms with Crippen molar-refractivity contribution in [3.8, 4) is 0 Å². The lowest BCUT2D eigenvalue weighted by molar-refractivity contribution is -0.123. The standard InChI is InChI=1S/C22H28FN5O3/c1-4-8-25-21(29)17-13-28-10-9-24-20(19(28)15(17)3)27-18-12-16(6-5-14(18)2)26-22(30)31-11-7-23/h5-6,9-10,12,17H,4,7-8,11,13H2,1-3H3,(H,24,27)(H,25,29)(H,26,30). The van der Waals surface area contributed by atoms with Gasteiger partial charge in [0.05, 0.1) is 11.6 Å². The highest BCUT2D eigenvalue weighted by Gasteiger charge is 2.36. The Morgan fingerprint density at radius 3 is 2.87 bits per heavy atom. The second-order valence-corrected chi connectivity index (χ2v) is 7.41. The Morgan fingerprint density at radius 1 is 1.32 bits per heavy atom. The van der Waals surface area contributed by atoms with Crippen LogP contribution >= 0.6 is 0 Å². The van der Waals surface area contributed by atoms with Gasteiger partial charge in [0.1, 0.15) is 13.3 Å². The van der Waals surface area contributed by atoms with Gasteiger partial charge in [-0.1, -0.05) is 13.0 Å². The number of carbonyl (C=O) groups is 2. The van der Waals surface area contributed by atoms with Gasteiger partial charge in [-0.25, -0.2) is 14.2 Å². The molecular weight excluding hydrogens is 401 g/mol. The number of alkyl halides is 1. The SMILES string of the molecule is CCCNC(=O)C1CN2C=CN=C(Nc3cc(NC(=O)OCCF)ccc3C)C2=C1C. The first-order chi connectivity index (χ1) is 14.9. The number of amides is 2. The second-order valence-electron chi connectivity index (χ2n) is 7.41. The molecule has 8 nitrogen and oxygen atoms in total. The average Bonchev–Trinajstić information content (AvgIpc) is 3.10. The van der Waals surface area contributed by atoms with Crippen LogP contribution in [0.2, 0.25) is 0 Å². The number of ether oxygens (including phenoxy) is 1. The number of aryl methyl sites for hydroxylation is 1. The van der Waals surface area contributed by atoms with Gasteiger partial charge in [0, 0.05) is 36.9 Å². The maximum atomic E-state index is 12.6. The molecule has 0 bridgehead atoms.